The molecule has 0 aliphatic carbocycles. The van der Waals surface area contributed by atoms with Gasteiger partial charge in [0.15, 0.2) is 0 Å². The van der Waals surface area contributed by atoms with E-state index in [9.17, 15) is 4.79 Å². The molecule has 2 amide bonds. The number of anilines is 1. The summed E-state index contributed by atoms with van der Waals surface area (Å²) in [5.41, 5.74) is 1.46. The molecule has 1 atom stereocenters. The molecule has 2 aromatic heterocycles. The average Bonchev–Trinajstić information content (AvgIpc) is 3.34. The normalized spacial score (nSPS) is 16.8. The number of carbonyl (C=O) groups excluding carboxylic acids is 1. The van der Waals surface area contributed by atoms with Gasteiger partial charge in [0.1, 0.15) is 23.9 Å². The van der Waals surface area contributed by atoms with E-state index in [2.05, 4.69) is 20.4 Å². The lowest BCUT2D eigenvalue weighted by Gasteiger charge is -2.25. The first-order valence-corrected chi connectivity index (χ1v) is 8.58. The van der Waals surface area contributed by atoms with Gasteiger partial charge in [-0.2, -0.15) is 5.10 Å². The monoisotopic (exact) mass is 352 g/mol. The fourth-order valence-corrected chi connectivity index (χ4v) is 3.44. The van der Waals surface area contributed by atoms with Crippen molar-refractivity contribution in [3.63, 3.8) is 0 Å². The van der Waals surface area contributed by atoms with Crippen LogP contribution in [-0.2, 0) is 6.54 Å². The van der Waals surface area contributed by atoms with Crippen LogP contribution in [-0.4, -0.2) is 50.4 Å². The Morgan fingerprint density at radius 3 is 3.12 bits per heavy atom. The lowest BCUT2D eigenvalue weighted by molar-refractivity contribution is 0.199. The lowest BCUT2D eigenvalue weighted by atomic mass is 10.1. The summed E-state index contributed by atoms with van der Waals surface area (Å²) in [6.45, 7) is 1.38. The van der Waals surface area contributed by atoms with Gasteiger partial charge < -0.3 is 15.0 Å². The Kier molecular flexibility index (Phi) is 4.39. The Balaban J connectivity index is 1.55. The van der Waals surface area contributed by atoms with E-state index in [-0.39, 0.29) is 12.1 Å². The molecule has 1 aliphatic rings. The first-order chi connectivity index (χ1) is 12.8. The zero-order chi connectivity index (χ0) is 17.9. The summed E-state index contributed by atoms with van der Waals surface area (Å²) < 4.78 is 7.13. The number of hydrogen-bond donors (Lipinski definition) is 1. The maximum Gasteiger partial charge on any atom is 0.322 e. The van der Waals surface area contributed by atoms with Crippen LogP contribution in [0.5, 0.6) is 5.75 Å². The quantitative estimate of drug-likeness (QED) is 0.780. The number of fused-ring (bicyclic) bond motifs is 1. The van der Waals surface area contributed by atoms with Crippen molar-refractivity contribution in [2.24, 2.45) is 0 Å². The molecule has 26 heavy (non-hydrogen) atoms. The van der Waals surface area contributed by atoms with Crippen molar-refractivity contribution in [2.45, 2.75) is 25.4 Å². The number of nitrogens with one attached hydrogen (secondary N) is 1. The predicted octanol–water partition coefficient (Wildman–Crippen LogP) is 2.53. The van der Waals surface area contributed by atoms with Crippen LogP contribution in [0.4, 0.5) is 10.5 Å². The summed E-state index contributed by atoms with van der Waals surface area (Å²) in [5, 5.41) is 8.03. The fraction of sp³-hybridized carbons (Fsp3) is 0.333. The molecule has 3 aromatic rings. The largest absolute Gasteiger partial charge is 0.494 e. The first-order valence-electron chi connectivity index (χ1n) is 8.58. The van der Waals surface area contributed by atoms with Gasteiger partial charge in [0.05, 0.1) is 25.4 Å². The summed E-state index contributed by atoms with van der Waals surface area (Å²) in [5.74, 6) is 0.684. The molecule has 4 rings (SSSR count). The smallest absolute Gasteiger partial charge is 0.322 e. The standard InChI is InChI=1S/C18H20N6O2/c1-26-16-7-6-15(14-5-2-8-20-17(14)16)22-18(25)24-9-3-4-13(24)10-23-12-19-11-21-23/h2,5-8,11-13H,3-4,9-10H2,1H3,(H,22,25). The second-order valence-corrected chi connectivity index (χ2v) is 6.25. The van der Waals surface area contributed by atoms with Crippen LogP contribution in [0.15, 0.2) is 43.1 Å². The highest BCUT2D eigenvalue weighted by Crippen LogP contribution is 2.30. The van der Waals surface area contributed by atoms with E-state index < -0.39 is 0 Å². The summed E-state index contributed by atoms with van der Waals surface area (Å²) in [6.07, 6.45) is 6.84. The minimum Gasteiger partial charge on any atom is -0.494 e. The maximum absolute atomic E-state index is 12.9. The number of ether oxygens (including phenoxy) is 1. The minimum absolute atomic E-state index is 0.108. The van der Waals surface area contributed by atoms with Gasteiger partial charge in [0.2, 0.25) is 0 Å². The number of likely N-dealkylation sites (tertiary alicyclic amines) is 1. The number of nitrogens with zero attached hydrogens (tertiary/aromatic N) is 5. The molecule has 1 aromatic carbocycles. The van der Waals surface area contributed by atoms with Gasteiger partial charge in [0.25, 0.3) is 0 Å². The number of carbonyl (C=O) groups is 1. The summed E-state index contributed by atoms with van der Waals surface area (Å²) in [7, 11) is 1.61. The molecule has 1 N–H and O–H groups in total. The van der Waals surface area contributed by atoms with Gasteiger partial charge in [0, 0.05) is 18.1 Å². The molecular formula is C18H20N6O2. The molecule has 8 nitrogen and oxygen atoms in total. The number of benzene rings is 1. The minimum atomic E-state index is -0.108. The van der Waals surface area contributed by atoms with Crippen LogP contribution in [0.1, 0.15) is 12.8 Å². The molecule has 3 heterocycles. The molecule has 0 spiro atoms. The third kappa shape index (κ3) is 3.05. The number of aromatic nitrogens is 4. The van der Waals surface area contributed by atoms with Crippen molar-refractivity contribution in [2.75, 3.05) is 19.0 Å². The lowest BCUT2D eigenvalue weighted by Crippen LogP contribution is -2.40. The van der Waals surface area contributed by atoms with Crippen molar-refractivity contribution < 1.29 is 9.53 Å². The van der Waals surface area contributed by atoms with Gasteiger partial charge in [-0.1, -0.05) is 0 Å². The molecule has 1 fully saturated rings. The highest BCUT2D eigenvalue weighted by Gasteiger charge is 2.29. The molecule has 1 aliphatic heterocycles. The van der Waals surface area contributed by atoms with E-state index in [4.69, 9.17) is 4.74 Å². The van der Waals surface area contributed by atoms with Crippen LogP contribution in [0.2, 0.25) is 0 Å². The molecule has 1 unspecified atom stereocenters. The average molecular weight is 352 g/mol. The Morgan fingerprint density at radius 2 is 2.31 bits per heavy atom. The number of amides is 2. The zero-order valence-corrected chi connectivity index (χ0v) is 14.5. The molecule has 0 radical (unpaired) electrons. The van der Waals surface area contributed by atoms with Crippen molar-refractivity contribution in [3.8, 4) is 5.75 Å². The highest BCUT2D eigenvalue weighted by atomic mass is 16.5. The number of methoxy groups -OCH3 is 1. The van der Waals surface area contributed by atoms with E-state index in [0.29, 0.717) is 12.3 Å². The van der Waals surface area contributed by atoms with Gasteiger partial charge in [-0.15, -0.1) is 0 Å². The van der Waals surface area contributed by atoms with E-state index >= 15 is 0 Å². The Bertz CT molecular complexity index is 911. The third-order valence-electron chi connectivity index (χ3n) is 4.70. The highest BCUT2D eigenvalue weighted by molar-refractivity contribution is 6.02. The summed E-state index contributed by atoms with van der Waals surface area (Å²) >= 11 is 0. The van der Waals surface area contributed by atoms with Crippen molar-refractivity contribution >= 4 is 22.6 Å². The zero-order valence-electron chi connectivity index (χ0n) is 14.5. The molecule has 8 heteroatoms. The number of hydrogen-bond acceptors (Lipinski definition) is 5. The van der Waals surface area contributed by atoms with Crippen LogP contribution < -0.4 is 10.1 Å². The predicted molar refractivity (Wildman–Crippen MR) is 97.1 cm³/mol. The summed E-state index contributed by atoms with van der Waals surface area (Å²) in [6, 6.07) is 7.45. The van der Waals surface area contributed by atoms with Gasteiger partial charge in [-0.05, 0) is 37.1 Å². The van der Waals surface area contributed by atoms with Crippen molar-refractivity contribution in [1.82, 2.24) is 24.6 Å². The van der Waals surface area contributed by atoms with Crippen LogP contribution in [0, 0.1) is 0 Å². The topological polar surface area (TPSA) is 85.2 Å². The van der Waals surface area contributed by atoms with Crippen molar-refractivity contribution in [3.05, 3.63) is 43.1 Å². The van der Waals surface area contributed by atoms with Crippen LogP contribution in [0.25, 0.3) is 10.9 Å². The van der Waals surface area contributed by atoms with Crippen molar-refractivity contribution in [1.29, 1.82) is 0 Å². The second-order valence-electron chi connectivity index (χ2n) is 6.25. The number of urea groups is 1. The van der Waals surface area contributed by atoms with Crippen LogP contribution >= 0.6 is 0 Å². The number of pyridine rings is 1. The number of rotatable bonds is 4. The van der Waals surface area contributed by atoms with Gasteiger partial charge >= 0.3 is 6.03 Å². The molecule has 1 saturated heterocycles. The van der Waals surface area contributed by atoms with Crippen LogP contribution in [0.3, 0.4) is 0 Å². The maximum atomic E-state index is 12.9. The molecule has 0 bridgehead atoms. The van der Waals surface area contributed by atoms with Gasteiger partial charge in [-0.3, -0.25) is 9.67 Å². The molecular weight excluding hydrogens is 332 g/mol. The van der Waals surface area contributed by atoms with E-state index in [1.54, 1.807) is 24.3 Å². The Labute approximate surface area is 150 Å². The first kappa shape index (κ1) is 16.3. The Hall–Kier alpha value is -3.16. The van der Waals surface area contributed by atoms with E-state index in [0.717, 1.165) is 36.0 Å². The Morgan fingerprint density at radius 1 is 1.38 bits per heavy atom. The molecule has 0 saturated carbocycles. The second kappa shape index (κ2) is 6.99. The summed E-state index contributed by atoms with van der Waals surface area (Å²) in [4.78, 5) is 23.1. The molecule has 134 valence electrons. The van der Waals surface area contributed by atoms with Gasteiger partial charge in [-0.25, -0.2) is 9.78 Å². The third-order valence-corrected chi connectivity index (χ3v) is 4.70. The van der Waals surface area contributed by atoms with E-state index in [1.165, 1.54) is 6.33 Å². The SMILES string of the molecule is COc1ccc(NC(=O)N2CCCC2Cn2cncn2)c2cccnc12. The fourth-order valence-electron chi connectivity index (χ4n) is 3.44. The van der Waals surface area contributed by atoms with E-state index in [1.807, 2.05) is 29.2 Å².